The normalized spacial score (nSPS) is 15.7. The SMILES string of the molecule is CCOc1ccccc1NC(=O)C1CCN(S(=O)(=O)c2ccc(OC)cc2)CC1. The second kappa shape index (κ2) is 9.28. The summed E-state index contributed by atoms with van der Waals surface area (Å²) >= 11 is 0. The predicted molar refractivity (Wildman–Crippen MR) is 111 cm³/mol. The van der Waals surface area contributed by atoms with E-state index in [4.69, 9.17) is 9.47 Å². The first-order valence-electron chi connectivity index (χ1n) is 9.62. The minimum Gasteiger partial charge on any atom is -0.497 e. The van der Waals surface area contributed by atoms with E-state index in [0.717, 1.165) is 0 Å². The number of nitrogens with zero attached hydrogens (tertiary/aromatic N) is 1. The fraction of sp³-hybridized carbons (Fsp3) is 0.381. The number of anilines is 1. The first kappa shape index (κ1) is 21.1. The molecule has 2 aromatic rings. The molecular weight excluding hydrogens is 392 g/mol. The Bertz CT molecular complexity index is 936. The Labute approximate surface area is 171 Å². The minimum absolute atomic E-state index is 0.112. The topological polar surface area (TPSA) is 84.9 Å². The molecule has 1 aliphatic rings. The number of nitrogens with one attached hydrogen (secondary N) is 1. The Kier molecular flexibility index (Phi) is 6.76. The lowest BCUT2D eigenvalue weighted by Crippen LogP contribution is -2.41. The lowest BCUT2D eigenvalue weighted by molar-refractivity contribution is -0.120. The summed E-state index contributed by atoms with van der Waals surface area (Å²) in [7, 11) is -2.05. The Balaban J connectivity index is 1.61. The fourth-order valence-electron chi connectivity index (χ4n) is 3.34. The van der Waals surface area contributed by atoms with Crippen LogP contribution >= 0.6 is 0 Å². The van der Waals surface area contributed by atoms with Gasteiger partial charge in [-0.05, 0) is 56.2 Å². The van der Waals surface area contributed by atoms with Crippen LogP contribution in [0.5, 0.6) is 11.5 Å². The average Bonchev–Trinajstić information content (AvgIpc) is 2.75. The number of ether oxygens (including phenoxy) is 2. The van der Waals surface area contributed by atoms with Gasteiger partial charge in [0.1, 0.15) is 11.5 Å². The summed E-state index contributed by atoms with van der Waals surface area (Å²) in [4.78, 5) is 12.9. The highest BCUT2D eigenvalue weighted by Gasteiger charge is 2.32. The molecule has 0 aliphatic carbocycles. The molecule has 1 aliphatic heterocycles. The third-order valence-corrected chi connectivity index (χ3v) is 6.88. The molecule has 1 saturated heterocycles. The van der Waals surface area contributed by atoms with Gasteiger partial charge in [0.2, 0.25) is 15.9 Å². The monoisotopic (exact) mass is 418 g/mol. The molecule has 0 unspecified atom stereocenters. The number of para-hydroxylation sites is 2. The number of carbonyl (C=O) groups excluding carboxylic acids is 1. The molecule has 29 heavy (non-hydrogen) atoms. The van der Waals surface area contributed by atoms with Gasteiger partial charge in [-0.1, -0.05) is 12.1 Å². The van der Waals surface area contributed by atoms with Crippen molar-refractivity contribution in [2.75, 3.05) is 32.1 Å². The van der Waals surface area contributed by atoms with E-state index < -0.39 is 10.0 Å². The molecular formula is C21H26N2O5S. The van der Waals surface area contributed by atoms with Crippen LogP contribution < -0.4 is 14.8 Å². The molecule has 1 N–H and O–H groups in total. The van der Waals surface area contributed by atoms with E-state index >= 15 is 0 Å². The number of amides is 1. The molecule has 1 heterocycles. The van der Waals surface area contributed by atoms with Gasteiger partial charge < -0.3 is 14.8 Å². The van der Waals surface area contributed by atoms with Gasteiger partial charge in [0.05, 0.1) is 24.3 Å². The van der Waals surface area contributed by atoms with Gasteiger partial charge in [0, 0.05) is 19.0 Å². The molecule has 3 rings (SSSR count). The fourth-order valence-corrected chi connectivity index (χ4v) is 4.81. The summed E-state index contributed by atoms with van der Waals surface area (Å²) in [6, 6.07) is 13.6. The van der Waals surface area contributed by atoms with Crippen LogP contribution in [0.25, 0.3) is 0 Å². The van der Waals surface area contributed by atoms with Crippen LogP contribution in [0.2, 0.25) is 0 Å². The van der Waals surface area contributed by atoms with Crippen LogP contribution in [-0.2, 0) is 14.8 Å². The van der Waals surface area contributed by atoms with Crippen molar-refractivity contribution in [1.82, 2.24) is 4.31 Å². The number of benzene rings is 2. The standard InChI is InChI=1S/C21H26N2O5S/c1-3-28-20-7-5-4-6-19(20)22-21(24)16-12-14-23(15-13-16)29(25,26)18-10-8-17(27-2)9-11-18/h4-11,16H,3,12-15H2,1-2H3,(H,22,24). The Morgan fingerprint density at radius 2 is 1.76 bits per heavy atom. The smallest absolute Gasteiger partial charge is 0.243 e. The van der Waals surface area contributed by atoms with Crippen LogP contribution in [-0.4, -0.2) is 45.4 Å². The van der Waals surface area contributed by atoms with E-state index in [1.54, 1.807) is 18.2 Å². The number of piperidine rings is 1. The van der Waals surface area contributed by atoms with Crippen LogP contribution in [0.15, 0.2) is 53.4 Å². The summed E-state index contributed by atoms with van der Waals surface area (Å²) < 4.78 is 37.7. The largest absolute Gasteiger partial charge is 0.497 e. The van der Waals surface area contributed by atoms with Gasteiger partial charge >= 0.3 is 0 Å². The molecule has 1 amide bonds. The van der Waals surface area contributed by atoms with E-state index in [9.17, 15) is 13.2 Å². The van der Waals surface area contributed by atoms with Gasteiger partial charge in [0.15, 0.2) is 0 Å². The van der Waals surface area contributed by atoms with Crippen molar-refractivity contribution in [2.24, 2.45) is 5.92 Å². The molecule has 0 saturated carbocycles. The van der Waals surface area contributed by atoms with E-state index in [0.29, 0.717) is 49.7 Å². The van der Waals surface area contributed by atoms with Gasteiger partial charge in [-0.25, -0.2) is 8.42 Å². The number of rotatable bonds is 7. The molecule has 0 atom stereocenters. The van der Waals surface area contributed by atoms with Crippen molar-refractivity contribution < 1.29 is 22.7 Å². The lowest BCUT2D eigenvalue weighted by Gasteiger charge is -2.30. The lowest BCUT2D eigenvalue weighted by atomic mass is 9.97. The number of methoxy groups -OCH3 is 1. The van der Waals surface area contributed by atoms with E-state index in [1.807, 2.05) is 25.1 Å². The molecule has 1 fully saturated rings. The van der Waals surface area contributed by atoms with Gasteiger partial charge in [-0.3, -0.25) is 4.79 Å². The summed E-state index contributed by atoms with van der Waals surface area (Å²) in [5, 5.41) is 2.92. The Morgan fingerprint density at radius 3 is 2.38 bits per heavy atom. The zero-order valence-electron chi connectivity index (χ0n) is 16.6. The molecule has 0 spiro atoms. The highest BCUT2D eigenvalue weighted by atomic mass is 32.2. The molecule has 2 aromatic carbocycles. The van der Waals surface area contributed by atoms with Crippen molar-refractivity contribution in [3.8, 4) is 11.5 Å². The second-order valence-corrected chi connectivity index (χ2v) is 8.71. The maximum atomic E-state index is 12.8. The highest BCUT2D eigenvalue weighted by molar-refractivity contribution is 7.89. The van der Waals surface area contributed by atoms with Crippen molar-refractivity contribution in [1.29, 1.82) is 0 Å². The third-order valence-electron chi connectivity index (χ3n) is 4.97. The summed E-state index contributed by atoms with van der Waals surface area (Å²) in [5.41, 5.74) is 0.632. The highest BCUT2D eigenvalue weighted by Crippen LogP contribution is 2.28. The number of sulfonamides is 1. The van der Waals surface area contributed by atoms with Gasteiger partial charge in [-0.2, -0.15) is 4.31 Å². The van der Waals surface area contributed by atoms with Crippen LogP contribution in [0.4, 0.5) is 5.69 Å². The van der Waals surface area contributed by atoms with Crippen LogP contribution in [0, 0.1) is 5.92 Å². The van der Waals surface area contributed by atoms with Gasteiger partial charge in [0.25, 0.3) is 0 Å². The van der Waals surface area contributed by atoms with Crippen molar-refractivity contribution in [3.63, 3.8) is 0 Å². The van der Waals surface area contributed by atoms with E-state index in [1.165, 1.54) is 23.5 Å². The minimum atomic E-state index is -3.58. The van der Waals surface area contributed by atoms with E-state index in [-0.39, 0.29) is 16.7 Å². The number of hydrogen-bond acceptors (Lipinski definition) is 5. The van der Waals surface area contributed by atoms with Crippen molar-refractivity contribution in [3.05, 3.63) is 48.5 Å². The number of carbonyl (C=O) groups is 1. The molecule has 7 nitrogen and oxygen atoms in total. The van der Waals surface area contributed by atoms with E-state index in [2.05, 4.69) is 5.32 Å². The molecule has 0 aromatic heterocycles. The molecule has 8 heteroatoms. The van der Waals surface area contributed by atoms with Crippen molar-refractivity contribution in [2.45, 2.75) is 24.7 Å². The zero-order chi connectivity index (χ0) is 20.9. The second-order valence-electron chi connectivity index (χ2n) is 6.77. The number of hydrogen-bond donors (Lipinski definition) is 1. The zero-order valence-corrected chi connectivity index (χ0v) is 17.4. The van der Waals surface area contributed by atoms with Crippen molar-refractivity contribution >= 4 is 21.6 Å². The molecule has 0 radical (unpaired) electrons. The summed E-state index contributed by atoms with van der Waals surface area (Å²) in [6.45, 7) is 3.01. The average molecular weight is 419 g/mol. The molecule has 156 valence electrons. The Morgan fingerprint density at radius 1 is 1.10 bits per heavy atom. The predicted octanol–water partition coefficient (Wildman–Crippen LogP) is 3.13. The molecule has 0 bridgehead atoms. The first-order chi connectivity index (χ1) is 14.0. The first-order valence-corrected chi connectivity index (χ1v) is 11.1. The van der Waals surface area contributed by atoms with Crippen LogP contribution in [0.3, 0.4) is 0 Å². The van der Waals surface area contributed by atoms with Crippen LogP contribution in [0.1, 0.15) is 19.8 Å². The Hall–Kier alpha value is -2.58. The van der Waals surface area contributed by atoms with Gasteiger partial charge in [-0.15, -0.1) is 0 Å². The third kappa shape index (κ3) is 4.89. The quantitative estimate of drug-likeness (QED) is 0.747. The summed E-state index contributed by atoms with van der Waals surface area (Å²) in [5.74, 6) is 0.875. The summed E-state index contributed by atoms with van der Waals surface area (Å²) in [6.07, 6.45) is 0.941. The maximum Gasteiger partial charge on any atom is 0.243 e. The maximum absolute atomic E-state index is 12.8.